The summed E-state index contributed by atoms with van der Waals surface area (Å²) in [6, 6.07) is -0.107. The van der Waals surface area contributed by atoms with E-state index in [9.17, 15) is 8.42 Å². The molecule has 0 amide bonds. The normalized spacial score (nSPS) is 22.1. The number of allylic oxidation sites excluding steroid dienone is 2. The van der Waals surface area contributed by atoms with E-state index in [0.717, 1.165) is 5.57 Å². The van der Waals surface area contributed by atoms with Crippen LogP contribution in [-0.2, 0) is 19.5 Å². The number of hydrogen-bond acceptors (Lipinski definition) is 4. The molecule has 0 aromatic carbocycles. The number of rotatable bonds is 4. The van der Waals surface area contributed by atoms with Crippen molar-refractivity contribution < 1.29 is 17.9 Å². The molecule has 0 bridgehead atoms. The molecule has 2 rings (SSSR count). The Hall–Kier alpha value is -0.690. The van der Waals surface area contributed by atoms with Crippen molar-refractivity contribution in [1.82, 2.24) is 4.72 Å². The second kappa shape index (κ2) is 4.89. The Labute approximate surface area is 102 Å². The van der Waals surface area contributed by atoms with E-state index in [1.807, 2.05) is 6.08 Å². The van der Waals surface area contributed by atoms with Gasteiger partial charge in [-0.15, -0.1) is 0 Å². The minimum atomic E-state index is -3.37. The minimum absolute atomic E-state index is 0.107. The summed E-state index contributed by atoms with van der Waals surface area (Å²) in [4.78, 5) is 0.375. The molecule has 0 radical (unpaired) electrons. The van der Waals surface area contributed by atoms with Gasteiger partial charge in [0.25, 0.3) is 0 Å². The molecule has 0 unspecified atom stereocenters. The number of hydrogen-bond donors (Lipinski definition) is 1. The zero-order valence-electron chi connectivity index (χ0n) is 9.97. The lowest BCUT2D eigenvalue weighted by Crippen LogP contribution is -2.30. The van der Waals surface area contributed by atoms with Crippen LogP contribution in [0.5, 0.6) is 0 Å². The van der Waals surface area contributed by atoms with Crippen LogP contribution in [0.2, 0.25) is 0 Å². The van der Waals surface area contributed by atoms with Gasteiger partial charge in [-0.2, -0.15) is 0 Å². The molecule has 0 aromatic rings. The number of nitrogens with one attached hydrogen (secondary N) is 1. The smallest absolute Gasteiger partial charge is 0.237 e. The fourth-order valence-electron chi connectivity index (χ4n) is 1.81. The van der Waals surface area contributed by atoms with Gasteiger partial charge in [0.15, 0.2) is 6.29 Å². The van der Waals surface area contributed by atoms with Crippen molar-refractivity contribution in [1.29, 1.82) is 0 Å². The molecule has 2 aliphatic rings. The molecule has 1 aliphatic heterocycles. The van der Waals surface area contributed by atoms with Crippen LogP contribution in [0.1, 0.15) is 20.3 Å². The van der Waals surface area contributed by atoms with Gasteiger partial charge in [0, 0.05) is 18.0 Å². The van der Waals surface area contributed by atoms with Gasteiger partial charge in [0.1, 0.15) is 0 Å². The van der Waals surface area contributed by atoms with Gasteiger partial charge in [-0.1, -0.05) is 6.08 Å². The van der Waals surface area contributed by atoms with Gasteiger partial charge in [-0.05, 0) is 19.9 Å². The van der Waals surface area contributed by atoms with Gasteiger partial charge in [0.05, 0.1) is 18.1 Å². The van der Waals surface area contributed by atoms with Crippen LogP contribution in [0.25, 0.3) is 0 Å². The maximum Gasteiger partial charge on any atom is 0.237 e. The highest BCUT2D eigenvalue weighted by Gasteiger charge is 2.27. The van der Waals surface area contributed by atoms with E-state index >= 15 is 0 Å². The van der Waals surface area contributed by atoms with Gasteiger partial charge in [-0.25, -0.2) is 13.1 Å². The average Bonchev–Trinajstić information content (AvgIpc) is 2.87. The molecule has 0 aromatic heterocycles. The quantitative estimate of drug-likeness (QED) is 0.814. The molecular formula is C11H17NO4S. The fraction of sp³-hybridized carbons (Fsp3) is 0.636. The van der Waals surface area contributed by atoms with Gasteiger partial charge >= 0.3 is 0 Å². The summed E-state index contributed by atoms with van der Waals surface area (Å²) in [5.41, 5.74) is 0.798. The number of ether oxygens (including phenoxy) is 2. The predicted molar refractivity (Wildman–Crippen MR) is 63.7 cm³/mol. The standard InChI is InChI=1S/C11H17NO4S/c1-8(2)12-17(13,14)10-4-3-9(7-10)11-15-5-6-16-11/h3,7-8,11-12H,4-6H2,1-2H3. The van der Waals surface area contributed by atoms with Crippen molar-refractivity contribution in [2.45, 2.75) is 32.6 Å². The largest absolute Gasteiger partial charge is 0.346 e. The lowest BCUT2D eigenvalue weighted by Gasteiger charge is -2.10. The van der Waals surface area contributed by atoms with Crippen molar-refractivity contribution in [2.75, 3.05) is 13.2 Å². The van der Waals surface area contributed by atoms with E-state index in [1.54, 1.807) is 19.9 Å². The first-order chi connectivity index (χ1) is 7.99. The van der Waals surface area contributed by atoms with Gasteiger partial charge in [-0.3, -0.25) is 0 Å². The Morgan fingerprint density at radius 2 is 2.00 bits per heavy atom. The van der Waals surface area contributed by atoms with E-state index < -0.39 is 16.3 Å². The third kappa shape index (κ3) is 2.95. The summed E-state index contributed by atoms with van der Waals surface area (Å²) in [5, 5.41) is 0. The Morgan fingerprint density at radius 1 is 1.35 bits per heavy atom. The summed E-state index contributed by atoms with van der Waals surface area (Å²) < 4.78 is 37.0. The third-order valence-corrected chi connectivity index (χ3v) is 4.25. The fourth-order valence-corrected chi connectivity index (χ4v) is 3.18. The van der Waals surface area contributed by atoms with E-state index in [-0.39, 0.29) is 6.04 Å². The Bertz CT molecular complexity index is 444. The summed E-state index contributed by atoms with van der Waals surface area (Å²) in [6.07, 6.45) is 3.48. The summed E-state index contributed by atoms with van der Waals surface area (Å²) in [7, 11) is -3.37. The molecule has 6 heteroatoms. The molecule has 96 valence electrons. The molecule has 1 saturated heterocycles. The highest BCUT2D eigenvalue weighted by molar-refractivity contribution is 7.93. The van der Waals surface area contributed by atoms with Crippen molar-refractivity contribution in [3.8, 4) is 0 Å². The Balaban J connectivity index is 2.08. The van der Waals surface area contributed by atoms with E-state index in [2.05, 4.69) is 4.72 Å². The van der Waals surface area contributed by atoms with Gasteiger partial charge < -0.3 is 9.47 Å². The molecular weight excluding hydrogens is 242 g/mol. The van der Waals surface area contributed by atoms with Crippen molar-refractivity contribution in [3.63, 3.8) is 0 Å². The number of sulfonamides is 1. The first-order valence-electron chi connectivity index (χ1n) is 5.65. The van der Waals surface area contributed by atoms with Crippen molar-refractivity contribution in [2.24, 2.45) is 0 Å². The molecule has 17 heavy (non-hydrogen) atoms. The van der Waals surface area contributed by atoms with Crippen molar-refractivity contribution in [3.05, 3.63) is 22.6 Å². The zero-order valence-corrected chi connectivity index (χ0v) is 10.8. The monoisotopic (exact) mass is 259 g/mol. The molecule has 1 heterocycles. The van der Waals surface area contributed by atoms with Crippen LogP contribution in [0.3, 0.4) is 0 Å². The topological polar surface area (TPSA) is 64.6 Å². The van der Waals surface area contributed by atoms with Crippen LogP contribution >= 0.6 is 0 Å². The maximum absolute atomic E-state index is 11.9. The summed E-state index contributed by atoms with van der Waals surface area (Å²) in [5.74, 6) is 0. The zero-order chi connectivity index (χ0) is 12.5. The highest BCUT2D eigenvalue weighted by Crippen LogP contribution is 2.27. The summed E-state index contributed by atoms with van der Waals surface area (Å²) >= 11 is 0. The first-order valence-corrected chi connectivity index (χ1v) is 7.13. The lowest BCUT2D eigenvalue weighted by atomic mass is 10.3. The second-order valence-electron chi connectivity index (χ2n) is 4.37. The van der Waals surface area contributed by atoms with Crippen LogP contribution < -0.4 is 4.72 Å². The SMILES string of the molecule is CC(C)NS(=O)(=O)C1=CC(C2OCCO2)=CC1. The average molecular weight is 259 g/mol. The molecule has 1 fully saturated rings. The lowest BCUT2D eigenvalue weighted by molar-refractivity contribution is -0.00821. The maximum atomic E-state index is 11.9. The van der Waals surface area contributed by atoms with Gasteiger partial charge in [0.2, 0.25) is 10.0 Å². The molecule has 5 nitrogen and oxygen atoms in total. The van der Waals surface area contributed by atoms with Crippen LogP contribution in [0.4, 0.5) is 0 Å². The van der Waals surface area contributed by atoms with E-state index in [1.165, 1.54) is 0 Å². The van der Waals surface area contributed by atoms with Crippen LogP contribution in [0.15, 0.2) is 22.6 Å². The molecule has 0 spiro atoms. The second-order valence-corrected chi connectivity index (χ2v) is 6.14. The minimum Gasteiger partial charge on any atom is -0.346 e. The van der Waals surface area contributed by atoms with Crippen LogP contribution in [0, 0.1) is 0 Å². The highest BCUT2D eigenvalue weighted by atomic mass is 32.2. The third-order valence-electron chi connectivity index (χ3n) is 2.50. The molecule has 1 N–H and O–H groups in total. The van der Waals surface area contributed by atoms with Crippen molar-refractivity contribution >= 4 is 10.0 Å². The Kier molecular flexibility index (Phi) is 3.67. The molecule has 0 atom stereocenters. The summed E-state index contributed by atoms with van der Waals surface area (Å²) in [6.45, 7) is 4.71. The first kappa shape index (κ1) is 12.8. The van der Waals surface area contributed by atoms with E-state index in [0.29, 0.717) is 24.5 Å². The molecule has 0 saturated carbocycles. The predicted octanol–water partition coefficient (Wildman–Crippen LogP) is 0.901. The Morgan fingerprint density at radius 3 is 2.59 bits per heavy atom. The van der Waals surface area contributed by atoms with Crippen LogP contribution in [-0.4, -0.2) is 34.0 Å². The molecule has 1 aliphatic carbocycles. The van der Waals surface area contributed by atoms with E-state index in [4.69, 9.17) is 9.47 Å².